The molecule has 0 bridgehead atoms. The van der Waals surface area contributed by atoms with Crippen LogP contribution in [0.5, 0.6) is 0 Å². The first-order chi connectivity index (χ1) is 11.2. The molecule has 0 aromatic heterocycles. The molecule has 24 heavy (non-hydrogen) atoms. The van der Waals surface area contributed by atoms with E-state index in [2.05, 4.69) is 0 Å². The van der Waals surface area contributed by atoms with Crippen molar-refractivity contribution in [2.24, 2.45) is 0 Å². The van der Waals surface area contributed by atoms with Gasteiger partial charge in [0, 0.05) is 39.1 Å². The lowest BCUT2D eigenvalue weighted by molar-refractivity contribution is -0.137. The maximum Gasteiger partial charge on any atom is 0.416 e. The number of amides is 1. The van der Waals surface area contributed by atoms with Gasteiger partial charge >= 0.3 is 6.18 Å². The van der Waals surface area contributed by atoms with Gasteiger partial charge in [-0.25, -0.2) is 0 Å². The molecule has 134 valence electrons. The van der Waals surface area contributed by atoms with Crippen LogP contribution in [0.1, 0.15) is 36.9 Å². The minimum atomic E-state index is -4.39. The van der Waals surface area contributed by atoms with E-state index in [4.69, 9.17) is 0 Å². The third-order valence-electron chi connectivity index (χ3n) is 4.49. The van der Waals surface area contributed by atoms with Crippen LogP contribution in [0, 0.1) is 0 Å². The molecule has 1 aliphatic rings. The fraction of sp³-hybridized carbons (Fsp3) is 0.588. The van der Waals surface area contributed by atoms with E-state index < -0.39 is 17.8 Å². The smallest absolute Gasteiger partial charge is 0.392 e. The predicted molar refractivity (Wildman–Crippen MR) is 84.3 cm³/mol. The first-order valence-electron chi connectivity index (χ1n) is 8.05. The number of hydrogen-bond donors (Lipinski definition) is 1. The Labute approximate surface area is 139 Å². The van der Waals surface area contributed by atoms with Crippen molar-refractivity contribution in [3.05, 3.63) is 35.4 Å². The molecule has 0 unspecified atom stereocenters. The lowest BCUT2D eigenvalue weighted by atomic mass is 10.0. The fourth-order valence-corrected chi connectivity index (χ4v) is 3.00. The Hall–Kier alpha value is -1.60. The van der Waals surface area contributed by atoms with Gasteiger partial charge in [0.2, 0.25) is 5.91 Å². The molecule has 1 amide bonds. The normalized spacial score (nSPS) is 21.9. The highest BCUT2D eigenvalue weighted by Gasteiger charge is 2.35. The molecule has 4 nitrogen and oxygen atoms in total. The average Bonchev–Trinajstić information content (AvgIpc) is 2.92. The number of halogens is 3. The molecule has 1 aromatic carbocycles. The van der Waals surface area contributed by atoms with Crippen molar-refractivity contribution >= 4 is 5.91 Å². The lowest BCUT2D eigenvalue weighted by Crippen LogP contribution is -2.32. The van der Waals surface area contributed by atoms with Crippen LogP contribution >= 0.6 is 0 Å². The Kier molecular flexibility index (Phi) is 5.87. The number of rotatable bonds is 5. The predicted octanol–water partition coefficient (Wildman–Crippen LogP) is 2.68. The van der Waals surface area contributed by atoms with Crippen LogP contribution in [0.3, 0.4) is 0 Å². The number of aliphatic hydroxyl groups excluding tert-OH is 1. The zero-order chi connectivity index (χ0) is 17.9. The SMILES string of the molecule is CCN(C)C(=O)CCN1C[C@H](O)C[C@@H]1c1cccc(C(F)(F)F)c1. The molecule has 1 aromatic rings. The van der Waals surface area contributed by atoms with Gasteiger partial charge in [-0.1, -0.05) is 12.1 Å². The number of carbonyl (C=O) groups excluding carboxylic acids is 1. The molecule has 2 rings (SSSR count). The zero-order valence-electron chi connectivity index (χ0n) is 13.9. The monoisotopic (exact) mass is 344 g/mol. The van der Waals surface area contributed by atoms with E-state index in [1.807, 2.05) is 11.8 Å². The molecular weight excluding hydrogens is 321 g/mol. The second kappa shape index (κ2) is 7.53. The maximum atomic E-state index is 12.9. The molecule has 7 heteroatoms. The van der Waals surface area contributed by atoms with Gasteiger partial charge in [-0.05, 0) is 31.0 Å². The summed E-state index contributed by atoms with van der Waals surface area (Å²) in [4.78, 5) is 15.4. The molecule has 0 radical (unpaired) electrons. The quantitative estimate of drug-likeness (QED) is 0.893. The number of alkyl halides is 3. The Bertz CT molecular complexity index is 577. The Balaban J connectivity index is 2.11. The van der Waals surface area contributed by atoms with Gasteiger partial charge in [0.15, 0.2) is 0 Å². The van der Waals surface area contributed by atoms with Gasteiger partial charge in [0.25, 0.3) is 0 Å². The molecule has 1 N–H and O–H groups in total. The molecule has 1 fully saturated rings. The van der Waals surface area contributed by atoms with E-state index >= 15 is 0 Å². The molecule has 0 saturated carbocycles. The Morgan fingerprint density at radius 3 is 2.75 bits per heavy atom. The van der Waals surface area contributed by atoms with E-state index in [-0.39, 0.29) is 18.4 Å². The van der Waals surface area contributed by atoms with Crippen molar-refractivity contribution in [3.8, 4) is 0 Å². The first-order valence-corrected chi connectivity index (χ1v) is 8.05. The van der Waals surface area contributed by atoms with Gasteiger partial charge in [-0.15, -0.1) is 0 Å². The third-order valence-corrected chi connectivity index (χ3v) is 4.49. The molecular formula is C17H23F3N2O2. The van der Waals surface area contributed by atoms with Crippen molar-refractivity contribution in [2.45, 2.75) is 38.1 Å². The van der Waals surface area contributed by atoms with Gasteiger partial charge in [-0.2, -0.15) is 13.2 Å². The van der Waals surface area contributed by atoms with Crippen LogP contribution in [0.2, 0.25) is 0 Å². The topological polar surface area (TPSA) is 43.8 Å². The van der Waals surface area contributed by atoms with Crippen LogP contribution in [-0.2, 0) is 11.0 Å². The summed E-state index contributed by atoms with van der Waals surface area (Å²) in [6.07, 6.45) is -4.33. The van der Waals surface area contributed by atoms with E-state index in [0.29, 0.717) is 31.6 Å². The molecule has 0 spiro atoms. The number of likely N-dealkylation sites (tertiary alicyclic amines) is 1. The summed E-state index contributed by atoms with van der Waals surface area (Å²) in [6, 6.07) is 4.90. The number of nitrogens with zero attached hydrogens (tertiary/aromatic N) is 2. The van der Waals surface area contributed by atoms with Gasteiger partial charge in [0.05, 0.1) is 11.7 Å². The van der Waals surface area contributed by atoms with Crippen LogP contribution in [0.25, 0.3) is 0 Å². The summed E-state index contributed by atoms with van der Waals surface area (Å²) in [5, 5.41) is 9.92. The minimum Gasteiger partial charge on any atom is -0.392 e. The highest BCUT2D eigenvalue weighted by Crippen LogP contribution is 2.36. The van der Waals surface area contributed by atoms with E-state index in [1.165, 1.54) is 6.07 Å². The van der Waals surface area contributed by atoms with E-state index in [9.17, 15) is 23.1 Å². The fourth-order valence-electron chi connectivity index (χ4n) is 3.00. The van der Waals surface area contributed by atoms with Gasteiger partial charge in [0.1, 0.15) is 0 Å². The summed E-state index contributed by atoms with van der Waals surface area (Å²) in [6.45, 7) is 3.27. The average molecular weight is 344 g/mol. The summed E-state index contributed by atoms with van der Waals surface area (Å²) in [7, 11) is 1.71. The summed E-state index contributed by atoms with van der Waals surface area (Å²) < 4.78 is 38.7. The Morgan fingerprint density at radius 2 is 2.12 bits per heavy atom. The first kappa shape index (κ1) is 18.7. The third kappa shape index (κ3) is 4.48. The van der Waals surface area contributed by atoms with Gasteiger partial charge in [-0.3, -0.25) is 9.69 Å². The van der Waals surface area contributed by atoms with Crippen LogP contribution < -0.4 is 0 Å². The largest absolute Gasteiger partial charge is 0.416 e. The molecule has 1 aliphatic heterocycles. The summed E-state index contributed by atoms with van der Waals surface area (Å²) in [5.41, 5.74) is -0.166. The number of β-amino-alcohol motifs (C(OH)–C–C–N with tert-alkyl or cyclic N) is 1. The van der Waals surface area contributed by atoms with Crippen LogP contribution in [0.15, 0.2) is 24.3 Å². The standard InChI is InChI=1S/C17H23F3N2O2/c1-3-21(2)16(24)7-8-22-11-14(23)10-15(22)12-5-4-6-13(9-12)17(18,19)20/h4-6,9,14-15,23H,3,7-8,10-11H2,1-2H3/t14-,15-/m1/s1. The molecule has 0 aliphatic carbocycles. The van der Waals surface area contributed by atoms with E-state index in [0.717, 1.165) is 12.1 Å². The second-order valence-corrected chi connectivity index (χ2v) is 6.18. The maximum absolute atomic E-state index is 12.9. The molecule has 1 saturated heterocycles. The van der Waals surface area contributed by atoms with Crippen LogP contribution in [-0.4, -0.2) is 53.6 Å². The van der Waals surface area contributed by atoms with E-state index in [1.54, 1.807) is 18.0 Å². The van der Waals surface area contributed by atoms with Crippen molar-refractivity contribution in [1.29, 1.82) is 0 Å². The zero-order valence-corrected chi connectivity index (χ0v) is 13.9. The molecule has 1 heterocycles. The van der Waals surface area contributed by atoms with Gasteiger partial charge < -0.3 is 10.0 Å². The Morgan fingerprint density at radius 1 is 1.42 bits per heavy atom. The lowest BCUT2D eigenvalue weighted by Gasteiger charge is -2.25. The minimum absolute atomic E-state index is 0.0123. The second-order valence-electron chi connectivity index (χ2n) is 6.18. The van der Waals surface area contributed by atoms with Crippen LogP contribution in [0.4, 0.5) is 13.2 Å². The number of hydrogen-bond acceptors (Lipinski definition) is 3. The van der Waals surface area contributed by atoms with Crippen molar-refractivity contribution < 1.29 is 23.1 Å². The highest BCUT2D eigenvalue weighted by atomic mass is 19.4. The van der Waals surface area contributed by atoms with Crippen molar-refractivity contribution in [2.75, 3.05) is 26.7 Å². The van der Waals surface area contributed by atoms with Crippen molar-refractivity contribution in [1.82, 2.24) is 9.80 Å². The number of carbonyl (C=O) groups is 1. The van der Waals surface area contributed by atoms with Crippen molar-refractivity contribution in [3.63, 3.8) is 0 Å². The summed E-state index contributed by atoms with van der Waals surface area (Å²) >= 11 is 0. The molecule has 2 atom stereocenters. The highest BCUT2D eigenvalue weighted by molar-refractivity contribution is 5.76. The number of benzene rings is 1. The summed E-state index contributed by atoms with van der Waals surface area (Å²) in [5.74, 6) is -0.0123. The number of aliphatic hydroxyl groups is 1.